The molecule has 6 heteroatoms. The van der Waals surface area contributed by atoms with Gasteiger partial charge in [0.2, 0.25) is 5.91 Å². The van der Waals surface area contributed by atoms with Crippen LogP contribution in [0, 0.1) is 0 Å². The molecule has 0 bridgehead atoms. The molecule has 2 rings (SSSR count). The molecular weight excluding hydrogens is 248 g/mol. The number of fused-ring (bicyclic) bond motifs is 1. The predicted octanol–water partition coefficient (Wildman–Crippen LogP) is 0.672. The maximum Gasteiger partial charge on any atom is 0.237 e. The van der Waals surface area contributed by atoms with Crippen LogP contribution in [0.5, 0.6) is 0 Å². The van der Waals surface area contributed by atoms with Crippen LogP contribution in [0.4, 0.5) is 5.69 Å². The van der Waals surface area contributed by atoms with Crippen molar-refractivity contribution in [1.82, 2.24) is 10.7 Å². The van der Waals surface area contributed by atoms with E-state index in [4.69, 9.17) is 5.84 Å². The Morgan fingerprint density at radius 2 is 2.33 bits per heavy atom. The van der Waals surface area contributed by atoms with Gasteiger partial charge in [0.25, 0.3) is 0 Å². The lowest BCUT2D eigenvalue weighted by atomic mass is 10.1. The van der Waals surface area contributed by atoms with Gasteiger partial charge >= 0.3 is 0 Å². The van der Waals surface area contributed by atoms with E-state index >= 15 is 0 Å². The van der Waals surface area contributed by atoms with Crippen LogP contribution in [-0.4, -0.2) is 24.4 Å². The molecule has 98 valence electrons. The van der Waals surface area contributed by atoms with Gasteiger partial charge in [0.05, 0.1) is 17.6 Å². The molecule has 0 aliphatic carbocycles. The van der Waals surface area contributed by atoms with Crippen LogP contribution in [0.25, 0.3) is 0 Å². The van der Waals surface area contributed by atoms with E-state index in [0.29, 0.717) is 6.67 Å². The molecule has 1 unspecified atom stereocenters. The minimum Gasteiger partial charge on any atom is -0.324 e. The summed E-state index contributed by atoms with van der Waals surface area (Å²) in [5.74, 6) is 5.24. The molecule has 5 nitrogen and oxygen atoms in total. The van der Waals surface area contributed by atoms with Crippen molar-refractivity contribution < 1.29 is 4.79 Å². The lowest BCUT2D eigenvalue weighted by Crippen LogP contribution is -2.34. The highest BCUT2D eigenvalue weighted by Crippen LogP contribution is 2.35. The number of thioether (sulfide) groups is 1. The number of hydrazine groups is 1. The van der Waals surface area contributed by atoms with Crippen LogP contribution >= 0.6 is 11.8 Å². The first kappa shape index (κ1) is 13.4. The molecule has 1 aliphatic heterocycles. The highest BCUT2D eigenvalue weighted by Gasteiger charge is 2.22. The fraction of sp³-hybridized carbons (Fsp3) is 0.417. The van der Waals surface area contributed by atoms with E-state index in [2.05, 4.69) is 28.2 Å². The molecule has 5 N–H and O–H groups in total. The summed E-state index contributed by atoms with van der Waals surface area (Å²) in [5, 5.41) is 6.08. The molecule has 18 heavy (non-hydrogen) atoms. The predicted molar refractivity (Wildman–Crippen MR) is 74.3 cm³/mol. The largest absolute Gasteiger partial charge is 0.324 e. The maximum absolute atomic E-state index is 11.6. The van der Waals surface area contributed by atoms with Gasteiger partial charge in [-0.3, -0.25) is 10.6 Å². The van der Waals surface area contributed by atoms with Crippen molar-refractivity contribution in [3.8, 4) is 0 Å². The lowest BCUT2D eigenvalue weighted by Gasteiger charge is -2.21. The number of nitrogens with two attached hydrogens (primary N) is 1. The Bertz CT molecular complexity index is 438. The Morgan fingerprint density at radius 3 is 3.11 bits per heavy atom. The van der Waals surface area contributed by atoms with Crippen molar-refractivity contribution in [2.45, 2.75) is 23.5 Å². The topological polar surface area (TPSA) is 79.2 Å². The van der Waals surface area contributed by atoms with E-state index in [0.717, 1.165) is 23.5 Å². The zero-order valence-electron chi connectivity index (χ0n) is 10.3. The van der Waals surface area contributed by atoms with E-state index in [1.54, 1.807) is 11.8 Å². The van der Waals surface area contributed by atoms with Crippen molar-refractivity contribution in [3.63, 3.8) is 0 Å². The van der Waals surface area contributed by atoms with E-state index < -0.39 is 0 Å². The summed E-state index contributed by atoms with van der Waals surface area (Å²) in [6.07, 6.45) is 0.908. The second-order valence-corrected chi connectivity index (χ2v) is 5.59. The van der Waals surface area contributed by atoms with Crippen molar-refractivity contribution in [3.05, 3.63) is 23.8 Å². The molecule has 1 amide bonds. The number of carbonyl (C=O) groups is 1. The van der Waals surface area contributed by atoms with E-state index in [1.165, 1.54) is 5.56 Å². The lowest BCUT2D eigenvalue weighted by molar-refractivity contribution is -0.115. The summed E-state index contributed by atoms with van der Waals surface area (Å²) in [5.41, 5.74) is 4.67. The molecule has 0 radical (unpaired) electrons. The third-order valence-electron chi connectivity index (χ3n) is 2.79. The molecule has 1 atom stereocenters. The second-order valence-electron chi connectivity index (χ2n) is 4.21. The molecule has 0 fully saturated rings. The highest BCUT2D eigenvalue weighted by atomic mass is 32.2. The Kier molecular flexibility index (Phi) is 4.60. The van der Waals surface area contributed by atoms with Gasteiger partial charge in [-0.05, 0) is 31.0 Å². The van der Waals surface area contributed by atoms with Crippen LogP contribution in [0.15, 0.2) is 23.1 Å². The highest BCUT2D eigenvalue weighted by molar-refractivity contribution is 8.00. The van der Waals surface area contributed by atoms with E-state index in [9.17, 15) is 4.79 Å². The van der Waals surface area contributed by atoms with Crippen LogP contribution in [-0.2, 0) is 11.2 Å². The van der Waals surface area contributed by atoms with E-state index in [-0.39, 0.29) is 11.2 Å². The summed E-state index contributed by atoms with van der Waals surface area (Å²) in [6.45, 7) is 3.36. The maximum atomic E-state index is 11.6. The molecule has 0 spiro atoms. The normalized spacial score (nSPS) is 18.3. The Hall–Kier alpha value is -1.08. The monoisotopic (exact) mass is 266 g/mol. The third-order valence-corrected chi connectivity index (χ3v) is 3.97. The molecule has 1 aromatic rings. The zero-order valence-corrected chi connectivity index (χ0v) is 11.1. The summed E-state index contributed by atoms with van der Waals surface area (Å²) >= 11 is 1.61. The van der Waals surface area contributed by atoms with Gasteiger partial charge < -0.3 is 10.6 Å². The Labute approximate surface area is 111 Å². The number of carbonyl (C=O) groups excluding carboxylic acids is 1. The molecular formula is C12H18N4OS. The minimum absolute atomic E-state index is 0.0133. The van der Waals surface area contributed by atoms with Gasteiger partial charge in [-0.15, -0.1) is 11.8 Å². The number of hydrogen-bond donors (Lipinski definition) is 4. The molecule has 0 saturated heterocycles. The molecule has 1 aromatic carbocycles. The zero-order chi connectivity index (χ0) is 13.0. The first-order chi connectivity index (χ1) is 8.70. The van der Waals surface area contributed by atoms with Gasteiger partial charge in [-0.25, -0.2) is 5.43 Å². The first-order valence-corrected chi connectivity index (χ1v) is 6.83. The molecule has 1 heterocycles. The quantitative estimate of drug-likeness (QED) is 0.273. The van der Waals surface area contributed by atoms with Crippen LogP contribution in [0.3, 0.4) is 0 Å². The summed E-state index contributed by atoms with van der Waals surface area (Å²) in [4.78, 5) is 12.7. The number of anilines is 1. The van der Waals surface area contributed by atoms with Crippen molar-refractivity contribution >= 4 is 23.4 Å². The van der Waals surface area contributed by atoms with Crippen molar-refractivity contribution in [2.24, 2.45) is 5.84 Å². The summed E-state index contributed by atoms with van der Waals surface area (Å²) in [7, 11) is 0. The third kappa shape index (κ3) is 3.23. The number of benzene rings is 1. The second kappa shape index (κ2) is 6.19. The first-order valence-electron chi connectivity index (χ1n) is 5.95. The Morgan fingerprint density at radius 1 is 1.50 bits per heavy atom. The Balaban J connectivity index is 1.99. The standard InChI is InChI=1S/C12H18N4OS/c1-8-12(17)16-10-6-9(2-3-11(10)18-8)4-5-14-7-15-13/h2-3,6,8,14-15H,4-5,7,13H2,1H3,(H,16,17). The number of amides is 1. The fourth-order valence-corrected chi connectivity index (χ4v) is 2.74. The molecule has 0 saturated carbocycles. The molecule has 1 aliphatic rings. The number of rotatable bonds is 5. The average molecular weight is 266 g/mol. The van der Waals surface area contributed by atoms with Gasteiger partial charge in [0.1, 0.15) is 0 Å². The van der Waals surface area contributed by atoms with Gasteiger partial charge in [-0.2, -0.15) is 0 Å². The SMILES string of the molecule is CC1Sc2ccc(CCNCNN)cc2NC1=O. The summed E-state index contributed by atoms with van der Waals surface area (Å²) in [6, 6.07) is 6.23. The van der Waals surface area contributed by atoms with Crippen LogP contribution in [0.1, 0.15) is 12.5 Å². The van der Waals surface area contributed by atoms with Crippen molar-refractivity contribution in [1.29, 1.82) is 0 Å². The van der Waals surface area contributed by atoms with E-state index in [1.807, 2.05) is 13.0 Å². The minimum atomic E-state index is -0.0133. The van der Waals surface area contributed by atoms with Gasteiger partial charge in [0, 0.05) is 11.4 Å². The molecule has 0 aromatic heterocycles. The van der Waals surface area contributed by atoms with Gasteiger partial charge in [-0.1, -0.05) is 6.07 Å². The smallest absolute Gasteiger partial charge is 0.237 e. The fourth-order valence-electron chi connectivity index (χ4n) is 1.80. The number of hydrogen-bond acceptors (Lipinski definition) is 5. The van der Waals surface area contributed by atoms with Crippen molar-refractivity contribution in [2.75, 3.05) is 18.5 Å². The average Bonchev–Trinajstić information content (AvgIpc) is 2.36. The van der Waals surface area contributed by atoms with Gasteiger partial charge in [0.15, 0.2) is 0 Å². The number of nitrogens with one attached hydrogen (secondary N) is 3. The summed E-state index contributed by atoms with van der Waals surface area (Å²) < 4.78 is 0. The van der Waals surface area contributed by atoms with Crippen LogP contribution in [0.2, 0.25) is 0 Å². The van der Waals surface area contributed by atoms with Crippen LogP contribution < -0.4 is 21.9 Å².